The van der Waals surface area contributed by atoms with Gasteiger partial charge in [0.1, 0.15) is 9.85 Å². The summed E-state index contributed by atoms with van der Waals surface area (Å²) in [5.41, 5.74) is -4.71. The normalized spacial score (nSPS) is 11.2. The van der Waals surface area contributed by atoms with Crippen molar-refractivity contribution in [1.29, 1.82) is 0 Å². The first-order valence-corrected chi connectivity index (χ1v) is 4.13. The third-order valence-electron chi connectivity index (χ3n) is 2.17. The van der Waals surface area contributed by atoms with Gasteiger partial charge in [-0.15, -0.1) is 0 Å². The molecule has 0 saturated carbocycles. The molecule has 17 heavy (non-hydrogen) atoms. The molecule has 0 spiro atoms. The van der Waals surface area contributed by atoms with Crippen LogP contribution in [0.3, 0.4) is 0 Å². The highest BCUT2D eigenvalue weighted by Gasteiger charge is 2.61. The van der Waals surface area contributed by atoms with Gasteiger partial charge in [0.2, 0.25) is 5.76 Å². The number of hydrogen-bond acceptors (Lipinski definition) is 8. The van der Waals surface area contributed by atoms with Gasteiger partial charge in [-0.1, -0.05) is 5.16 Å². The van der Waals surface area contributed by atoms with E-state index in [2.05, 4.69) is 9.68 Å². The maximum absolute atomic E-state index is 10.7. The van der Waals surface area contributed by atoms with Crippen molar-refractivity contribution in [3.63, 3.8) is 0 Å². The highest BCUT2D eigenvalue weighted by molar-refractivity contribution is 5.39. The molecule has 0 aliphatic rings. The topological polar surface area (TPSA) is 155 Å². The van der Waals surface area contributed by atoms with E-state index in [9.17, 15) is 30.3 Å². The smallest absolute Gasteiger partial charge is 0.353 e. The first-order chi connectivity index (χ1) is 7.72. The Morgan fingerprint density at radius 2 is 1.65 bits per heavy atom. The second kappa shape index (κ2) is 3.77. The van der Waals surface area contributed by atoms with Gasteiger partial charge in [0, 0.05) is 6.92 Å². The van der Waals surface area contributed by atoms with Gasteiger partial charge < -0.3 is 4.52 Å². The van der Waals surface area contributed by atoms with Crippen LogP contribution in [-0.2, 0) is 5.66 Å². The van der Waals surface area contributed by atoms with Crippen molar-refractivity contribution in [1.82, 2.24) is 5.16 Å². The molecule has 0 bridgehead atoms. The lowest BCUT2D eigenvalue weighted by molar-refractivity contribution is -0.806. The van der Waals surface area contributed by atoms with Gasteiger partial charge in [0.15, 0.2) is 0 Å². The highest BCUT2D eigenvalue weighted by atomic mass is 16.7. The number of rotatable bonds is 4. The van der Waals surface area contributed by atoms with Crippen LogP contribution in [0.15, 0.2) is 4.52 Å². The molecule has 11 nitrogen and oxygen atoms in total. The number of aromatic nitrogens is 1. The summed E-state index contributed by atoms with van der Waals surface area (Å²) in [6, 6.07) is 0. The molecular formula is C6H6N4O7. The number of hydrogen-bond donors (Lipinski definition) is 0. The maximum atomic E-state index is 10.7. The van der Waals surface area contributed by atoms with Gasteiger partial charge in [0.25, 0.3) is 0 Å². The molecule has 0 aliphatic carbocycles. The quantitative estimate of drug-likeness (QED) is 0.425. The van der Waals surface area contributed by atoms with Gasteiger partial charge in [-0.3, -0.25) is 30.3 Å². The lowest BCUT2D eigenvalue weighted by Gasteiger charge is -2.08. The Bertz CT molecular complexity index is 492. The summed E-state index contributed by atoms with van der Waals surface area (Å²) in [5.74, 6) is -0.333. The lowest BCUT2D eigenvalue weighted by Crippen LogP contribution is -2.41. The van der Waals surface area contributed by atoms with E-state index in [4.69, 9.17) is 0 Å². The molecule has 0 amide bonds. The van der Waals surface area contributed by atoms with Gasteiger partial charge in [-0.25, -0.2) is 0 Å². The summed E-state index contributed by atoms with van der Waals surface area (Å²) in [5, 5.41) is 35.1. The minimum Gasteiger partial charge on any atom is -0.353 e. The molecule has 1 aromatic heterocycles. The van der Waals surface area contributed by atoms with Crippen LogP contribution in [0.4, 0.5) is 5.69 Å². The van der Waals surface area contributed by atoms with E-state index >= 15 is 0 Å². The summed E-state index contributed by atoms with van der Waals surface area (Å²) in [6.07, 6.45) is 0. The van der Waals surface area contributed by atoms with Crippen LogP contribution in [0.5, 0.6) is 0 Å². The minimum absolute atomic E-state index is 0.333. The lowest BCUT2D eigenvalue weighted by atomic mass is 10.1. The Morgan fingerprint density at radius 1 is 1.18 bits per heavy atom. The predicted octanol–water partition coefficient (Wildman–Crippen LogP) is 0.617. The molecule has 92 valence electrons. The zero-order valence-electron chi connectivity index (χ0n) is 8.65. The Hall–Kier alpha value is -2.59. The van der Waals surface area contributed by atoms with E-state index in [0.717, 1.165) is 6.92 Å². The van der Waals surface area contributed by atoms with Crippen molar-refractivity contribution < 1.29 is 19.3 Å². The summed E-state index contributed by atoms with van der Waals surface area (Å²) in [4.78, 5) is 28.5. The second-order valence-electron chi connectivity index (χ2n) is 3.23. The van der Waals surface area contributed by atoms with E-state index in [1.54, 1.807) is 0 Å². The van der Waals surface area contributed by atoms with E-state index in [0.29, 0.717) is 6.92 Å². The molecule has 0 atom stereocenters. The van der Waals surface area contributed by atoms with Crippen molar-refractivity contribution in [3.05, 3.63) is 41.8 Å². The predicted molar refractivity (Wildman–Crippen MR) is 49.2 cm³/mol. The zero-order chi connectivity index (χ0) is 13.4. The minimum atomic E-state index is -2.92. The van der Waals surface area contributed by atoms with E-state index in [1.807, 2.05) is 0 Å². The fourth-order valence-electron chi connectivity index (χ4n) is 1.13. The summed E-state index contributed by atoms with van der Waals surface area (Å²) < 4.78 is 4.40. The SMILES string of the molecule is Cc1onc(C(C)([N+](=O)[O-])[N+](=O)[O-])c1[N+](=O)[O-]. The molecule has 0 unspecified atom stereocenters. The number of nitrogens with zero attached hydrogens (tertiary/aromatic N) is 4. The molecule has 0 radical (unpaired) electrons. The van der Waals surface area contributed by atoms with Crippen LogP contribution in [-0.4, -0.2) is 19.9 Å². The molecule has 1 aromatic rings. The van der Waals surface area contributed by atoms with Gasteiger partial charge in [-0.05, 0) is 0 Å². The molecule has 0 aromatic carbocycles. The molecule has 0 aliphatic heterocycles. The molecule has 1 rings (SSSR count). The van der Waals surface area contributed by atoms with Gasteiger partial charge >= 0.3 is 17.0 Å². The van der Waals surface area contributed by atoms with Gasteiger partial charge in [-0.2, -0.15) is 0 Å². The molecule has 1 heterocycles. The summed E-state index contributed by atoms with van der Waals surface area (Å²) in [7, 11) is 0. The third kappa shape index (κ3) is 1.66. The van der Waals surface area contributed by atoms with Crippen molar-refractivity contribution in [2.45, 2.75) is 19.5 Å². The monoisotopic (exact) mass is 246 g/mol. The molecule has 0 saturated heterocycles. The van der Waals surface area contributed by atoms with E-state index < -0.39 is 31.8 Å². The highest BCUT2D eigenvalue weighted by Crippen LogP contribution is 2.34. The van der Waals surface area contributed by atoms with Crippen LogP contribution in [0, 0.1) is 37.3 Å². The number of aryl methyl sites for hydroxylation is 1. The molecule has 0 fully saturated rings. The standard InChI is InChI=1S/C6H6N4O7/c1-3-4(8(11)12)5(7-17-3)6(2,9(13)14)10(15)16/h1-2H3. The van der Waals surface area contributed by atoms with Crippen LogP contribution in [0.2, 0.25) is 0 Å². The summed E-state index contributed by atoms with van der Waals surface area (Å²) in [6.45, 7) is 1.74. The average Bonchev–Trinajstić information content (AvgIpc) is 2.58. The Kier molecular flexibility index (Phi) is 2.77. The zero-order valence-corrected chi connectivity index (χ0v) is 8.65. The Morgan fingerprint density at radius 3 is 2.00 bits per heavy atom. The molecule has 0 N–H and O–H groups in total. The van der Waals surface area contributed by atoms with Crippen LogP contribution >= 0.6 is 0 Å². The van der Waals surface area contributed by atoms with E-state index in [1.165, 1.54) is 0 Å². The van der Waals surface area contributed by atoms with Gasteiger partial charge in [0.05, 0.1) is 11.8 Å². The Labute approximate surface area is 92.5 Å². The van der Waals surface area contributed by atoms with Crippen molar-refractivity contribution in [2.24, 2.45) is 0 Å². The third-order valence-corrected chi connectivity index (χ3v) is 2.17. The molecule has 11 heteroatoms. The fraction of sp³-hybridized carbons (Fsp3) is 0.500. The first kappa shape index (κ1) is 12.5. The summed E-state index contributed by atoms with van der Waals surface area (Å²) >= 11 is 0. The first-order valence-electron chi connectivity index (χ1n) is 4.13. The Balaban J connectivity index is 3.56. The fourth-order valence-corrected chi connectivity index (χ4v) is 1.13. The largest absolute Gasteiger partial charge is 0.508 e. The van der Waals surface area contributed by atoms with Crippen LogP contribution < -0.4 is 0 Å². The van der Waals surface area contributed by atoms with Crippen molar-refractivity contribution in [2.75, 3.05) is 0 Å². The van der Waals surface area contributed by atoms with Crippen LogP contribution in [0.25, 0.3) is 0 Å². The van der Waals surface area contributed by atoms with Crippen LogP contribution in [0.1, 0.15) is 18.4 Å². The van der Waals surface area contributed by atoms with Crippen molar-refractivity contribution >= 4 is 5.69 Å². The molecular weight excluding hydrogens is 240 g/mol. The second-order valence-corrected chi connectivity index (χ2v) is 3.23. The van der Waals surface area contributed by atoms with E-state index in [-0.39, 0.29) is 5.76 Å². The average molecular weight is 246 g/mol. The maximum Gasteiger partial charge on any atom is 0.508 e. The number of nitro groups is 3. The van der Waals surface area contributed by atoms with Crippen molar-refractivity contribution in [3.8, 4) is 0 Å².